The van der Waals surface area contributed by atoms with Crippen LogP contribution in [0.2, 0.25) is 0 Å². The normalized spacial score (nSPS) is 12.6. The molecule has 0 radical (unpaired) electrons. The third-order valence-electron chi connectivity index (χ3n) is 17.5. The molecule has 0 aliphatic heterocycles. The van der Waals surface area contributed by atoms with Crippen LogP contribution in [0.15, 0.2) is 24.3 Å². The molecule has 0 aliphatic carbocycles. The summed E-state index contributed by atoms with van der Waals surface area (Å²) in [5, 5.41) is 23.3. The van der Waals surface area contributed by atoms with Crippen molar-refractivity contribution in [1.82, 2.24) is 5.32 Å². The van der Waals surface area contributed by atoms with E-state index in [0.717, 1.165) is 38.5 Å². The smallest absolute Gasteiger partial charge is 0.305 e. The van der Waals surface area contributed by atoms with E-state index in [4.69, 9.17) is 4.74 Å². The first-order chi connectivity index (χ1) is 40.0. The number of carbonyl (C=O) groups is 2. The Balaban J connectivity index is 3.40. The van der Waals surface area contributed by atoms with Crippen molar-refractivity contribution in [2.45, 2.75) is 431 Å². The molecule has 0 fully saturated rings. The quantitative estimate of drug-likeness (QED) is 0.0320. The highest BCUT2D eigenvalue weighted by Gasteiger charge is 2.18. The summed E-state index contributed by atoms with van der Waals surface area (Å²) in [6.07, 6.45) is 89.8. The zero-order chi connectivity index (χ0) is 58.5. The summed E-state index contributed by atoms with van der Waals surface area (Å²) in [4.78, 5) is 24.6. The SMILES string of the molecule is CCCCCCCCCCCCCCCCCCCCCC/C=C/C(O)C(CO)NC(=O)CCCCCCCCCCC/C=C\CCCCCCCCCCCCCCOC(=O)CCCCCCCCCCCCCCCCCCC. The fourth-order valence-corrected chi connectivity index (χ4v) is 11.8. The van der Waals surface area contributed by atoms with Crippen molar-refractivity contribution in [2.75, 3.05) is 13.2 Å². The molecule has 0 aromatic rings. The van der Waals surface area contributed by atoms with E-state index >= 15 is 0 Å². The van der Waals surface area contributed by atoms with E-state index in [1.165, 1.54) is 353 Å². The number of aliphatic hydroxyl groups excluding tert-OH is 2. The van der Waals surface area contributed by atoms with Crippen LogP contribution in [-0.2, 0) is 14.3 Å². The van der Waals surface area contributed by atoms with Crippen molar-refractivity contribution in [3.8, 4) is 0 Å². The monoisotopic (exact) mass is 1140 g/mol. The summed E-state index contributed by atoms with van der Waals surface area (Å²) in [5.74, 6) is -0.0486. The molecule has 0 aliphatic rings. The van der Waals surface area contributed by atoms with E-state index in [2.05, 4.69) is 31.3 Å². The van der Waals surface area contributed by atoms with E-state index in [9.17, 15) is 19.8 Å². The maximum atomic E-state index is 12.5. The van der Waals surface area contributed by atoms with Crippen LogP contribution in [0.5, 0.6) is 0 Å². The molecule has 1 amide bonds. The molecule has 0 heterocycles. The molecule has 0 spiro atoms. The van der Waals surface area contributed by atoms with E-state index in [0.29, 0.717) is 19.4 Å². The van der Waals surface area contributed by atoms with Gasteiger partial charge in [-0.3, -0.25) is 9.59 Å². The minimum atomic E-state index is -0.848. The Labute approximate surface area is 507 Å². The number of hydrogen-bond acceptors (Lipinski definition) is 5. The van der Waals surface area contributed by atoms with Crippen LogP contribution in [0, 0.1) is 0 Å². The van der Waals surface area contributed by atoms with Gasteiger partial charge >= 0.3 is 5.97 Å². The van der Waals surface area contributed by atoms with Gasteiger partial charge in [0.1, 0.15) is 0 Å². The van der Waals surface area contributed by atoms with Gasteiger partial charge in [-0.2, -0.15) is 0 Å². The number of carbonyl (C=O) groups excluding carboxylic acids is 2. The van der Waals surface area contributed by atoms with Crippen LogP contribution in [-0.4, -0.2) is 47.4 Å². The van der Waals surface area contributed by atoms with Gasteiger partial charge in [-0.05, 0) is 57.8 Å². The molecule has 0 bridgehead atoms. The van der Waals surface area contributed by atoms with E-state index in [1.54, 1.807) is 6.08 Å². The van der Waals surface area contributed by atoms with Crippen LogP contribution in [0.3, 0.4) is 0 Å². The molecule has 2 atom stereocenters. The number of aliphatic hydroxyl groups is 2. The van der Waals surface area contributed by atoms with Crippen molar-refractivity contribution in [2.24, 2.45) is 0 Å². The fourth-order valence-electron chi connectivity index (χ4n) is 11.8. The molecule has 2 unspecified atom stereocenters. The molecule has 480 valence electrons. The first kappa shape index (κ1) is 79.3. The number of unbranched alkanes of at least 4 members (excludes halogenated alkanes) is 57. The summed E-state index contributed by atoms with van der Waals surface area (Å²) >= 11 is 0. The van der Waals surface area contributed by atoms with Crippen molar-refractivity contribution in [3.63, 3.8) is 0 Å². The predicted octanol–water partition coefficient (Wildman–Crippen LogP) is 24.1. The zero-order valence-corrected chi connectivity index (χ0v) is 55.0. The second-order valence-corrected chi connectivity index (χ2v) is 25.6. The van der Waals surface area contributed by atoms with Gasteiger partial charge in [0.25, 0.3) is 0 Å². The van der Waals surface area contributed by atoms with Crippen molar-refractivity contribution >= 4 is 11.9 Å². The van der Waals surface area contributed by atoms with Crippen molar-refractivity contribution in [3.05, 3.63) is 24.3 Å². The Kier molecular flexibility index (Phi) is 69.4. The van der Waals surface area contributed by atoms with Crippen LogP contribution in [0.4, 0.5) is 0 Å². The number of ether oxygens (including phenoxy) is 1. The van der Waals surface area contributed by atoms with E-state index in [1.807, 2.05) is 6.08 Å². The fraction of sp³-hybridized carbons (Fsp3) is 0.920. The highest BCUT2D eigenvalue weighted by Crippen LogP contribution is 2.19. The standard InChI is InChI=1S/C75H145NO5/c1-3-5-7-9-11-13-15-17-19-21-22-23-29-32-36-39-43-47-51-55-59-63-67-73(78)72(71-77)76-74(79)68-64-60-56-52-48-44-40-37-33-30-27-25-24-26-28-31-34-38-42-46-50-54-58-62-66-70-81-75(80)69-65-61-57-53-49-45-41-35-20-18-16-14-12-10-8-6-4-2/h25,27,63,67,72-73,77-78H,3-24,26,28-62,64-66,68-71H2,1-2H3,(H,76,79)/b27-25-,67-63+. The van der Waals surface area contributed by atoms with Gasteiger partial charge in [-0.15, -0.1) is 0 Å². The second kappa shape index (κ2) is 70.8. The largest absolute Gasteiger partial charge is 0.466 e. The van der Waals surface area contributed by atoms with Gasteiger partial charge in [0.2, 0.25) is 5.91 Å². The Morgan fingerprint density at radius 2 is 0.580 bits per heavy atom. The van der Waals surface area contributed by atoms with Gasteiger partial charge in [-0.1, -0.05) is 372 Å². The minimum Gasteiger partial charge on any atom is -0.466 e. The average Bonchev–Trinajstić information content (AvgIpc) is 3.47. The first-order valence-corrected chi connectivity index (χ1v) is 37.1. The van der Waals surface area contributed by atoms with E-state index in [-0.39, 0.29) is 18.5 Å². The van der Waals surface area contributed by atoms with Crippen molar-refractivity contribution < 1.29 is 24.5 Å². The lowest BCUT2D eigenvalue weighted by molar-refractivity contribution is -0.143. The third kappa shape index (κ3) is 67.3. The third-order valence-corrected chi connectivity index (χ3v) is 17.5. The van der Waals surface area contributed by atoms with Gasteiger partial charge in [0.05, 0.1) is 25.4 Å². The van der Waals surface area contributed by atoms with Crippen LogP contribution in [0.25, 0.3) is 0 Å². The average molecular weight is 1140 g/mol. The molecule has 6 heteroatoms. The topological polar surface area (TPSA) is 95.9 Å². The molecule has 0 rings (SSSR count). The predicted molar refractivity (Wildman–Crippen MR) is 356 cm³/mol. The maximum absolute atomic E-state index is 12.5. The molecule has 3 N–H and O–H groups in total. The van der Waals surface area contributed by atoms with Gasteiger partial charge in [0, 0.05) is 12.8 Å². The second-order valence-electron chi connectivity index (χ2n) is 25.6. The minimum absolute atomic E-state index is 0.0180. The molecular formula is C75H145NO5. The molecule has 6 nitrogen and oxygen atoms in total. The van der Waals surface area contributed by atoms with Crippen LogP contribution < -0.4 is 5.32 Å². The summed E-state index contributed by atoms with van der Waals surface area (Å²) in [7, 11) is 0. The molecule has 0 saturated carbocycles. The number of amides is 1. The van der Waals surface area contributed by atoms with Crippen LogP contribution in [0.1, 0.15) is 418 Å². The Hall–Kier alpha value is -1.66. The Morgan fingerprint density at radius 1 is 0.333 bits per heavy atom. The number of allylic oxidation sites excluding steroid dienone is 3. The summed E-state index contributed by atoms with van der Waals surface area (Å²) < 4.78 is 5.51. The lowest BCUT2D eigenvalue weighted by atomic mass is 10.0. The molecule has 0 saturated heterocycles. The summed E-state index contributed by atoms with van der Waals surface area (Å²) in [6, 6.07) is -0.631. The summed E-state index contributed by atoms with van der Waals surface area (Å²) in [6.45, 7) is 4.95. The summed E-state index contributed by atoms with van der Waals surface area (Å²) in [5.41, 5.74) is 0. The zero-order valence-electron chi connectivity index (χ0n) is 55.0. The number of rotatable bonds is 70. The van der Waals surface area contributed by atoms with Gasteiger partial charge in [-0.25, -0.2) is 0 Å². The number of nitrogens with one attached hydrogen (secondary N) is 1. The van der Waals surface area contributed by atoms with Crippen LogP contribution >= 0.6 is 0 Å². The molecule has 0 aromatic heterocycles. The van der Waals surface area contributed by atoms with E-state index < -0.39 is 12.1 Å². The maximum Gasteiger partial charge on any atom is 0.305 e. The highest BCUT2D eigenvalue weighted by atomic mass is 16.5. The lowest BCUT2D eigenvalue weighted by Gasteiger charge is -2.20. The molecule has 0 aromatic carbocycles. The lowest BCUT2D eigenvalue weighted by Crippen LogP contribution is -2.45. The number of hydrogen-bond donors (Lipinski definition) is 3. The first-order valence-electron chi connectivity index (χ1n) is 37.1. The highest BCUT2D eigenvalue weighted by molar-refractivity contribution is 5.76. The molecular weight excluding hydrogens is 995 g/mol. The Morgan fingerprint density at radius 3 is 0.877 bits per heavy atom. The van der Waals surface area contributed by atoms with Gasteiger partial charge in [0.15, 0.2) is 0 Å². The Bertz CT molecular complexity index is 1270. The van der Waals surface area contributed by atoms with Crippen molar-refractivity contribution in [1.29, 1.82) is 0 Å². The van der Waals surface area contributed by atoms with Gasteiger partial charge < -0.3 is 20.3 Å². The number of esters is 1. The molecule has 81 heavy (non-hydrogen) atoms.